The van der Waals surface area contributed by atoms with Gasteiger partial charge >= 0.3 is 6.18 Å². The Kier molecular flexibility index (Phi) is 5.05. The van der Waals surface area contributed by atoms with Crippen molar-refractivity contribution in [3.8, 4) is 0 Å². The average molecular weight is 396 g/mol. The molecule has 2 heterocycles. The van der Waals surface area contributed by atoms with Crippen LogP contribution in [0.2, 0.25) is 0 Å². The van der Waals surface area contributed by atoms with E-state index in [1.165, 1.54) is 4.90 Å². The van der Waals surface area contributed by atoms with Gasteiger partial charge in [0.1, 0.15) is 6.54 Å². The number of alkyl halides is 3. The third-order valence-electron chi connectivity index (χ3n) is 4.76. The van der Waals surface area contributed by atoms with Gasteiger partial charge in [0, 0.05) is 17.5 Å². The van der Waals surface area contributed by atoms with Crippen molar-refractivity contribution in [2.75, 3.05) is 11.9 Å². The highest BCUT2D eigenvalue weighted by molar-refractivity contribution is 6.01. The molecule has 0 radical (unpaired) electrons. The van der Waals surface area contributed by atoms with Gasteiger partial charge in [0.05, 0.1) is 18.0 Å². The van der Waals surface area contributed by atoms with Crippen molar-refractivity contribution >= 4 is 17.8 Å². The number of hydrogen-bond donors (Lipinski definition) is 1. The number of rotatable bonds is 3. The van der Waals surface area contributed by atoms with Crippen LogP contribution in [0.3, 0.4) is 0 Å². The summed E-state index contributed by atoms with van der Waals surface area (Å²) in [6.45, 7) is 3.02. The molecule has 1 aliphatic rings. The first-order valence-corrected chi connectivity index (χ1v) is 8.37. The summed E-state index contributed by atoms with van der Waals surface area (Å²) in [4.78, 5) is 33.5. The molecule has 1 aromatic carbocycles. The molecule has 0 saturated heterocycles. The summed E-state index contributed by atoms with van der Waals surface area (Å²) in [5.74, 6) is -2.34. The molecule has 3 rings (SSSR count). The summed E-state index contributed by atoms with van der Waals surface area (Å²) in [7, 11) is 0. The van der Waals surface area contributed by atoms with Gasteiger partial charge in [0.2, 0.25) is 11.9 Å². The largest absolute Gasteiger partial charge is 0.416 e. The maximum Gasteiger partial charge on any atom is 0.416 e. The summed E-state index contributed by atoms with van der Waals surface area (Å²) in [6, 6.07) is 2.46. The van der Waals surface area contributed by atoms with Crippen molar-refractivity contribution in [2.24, 2.45) is 0 Å². The van der Waals surface area contributed by atoms with E-state index in [-0.39, 0.29) is 18.1 Å². The van der Waals surface area contributed by atoms with Crippen LogP contribution in [0.15, 0.2) is 30.6 Å². The van der Waals surface area contributed by atoms with Gasteiger partial charge < -0.3 is 4.90 Å². The quantitative estimate of drug-likeness (QED) is 0.809. The third kappa shape index (κ3) is 3.80. The molecule has 1 aliphatic heterocycles. The molecule has 6 nitrogen and oxygen atoms in total. The molecule has 0 fully saturated rings. The molecule has 0 bridgehead atoms. The van der Waals surface area contributed by atoms with Crippen LogP contribution < -0.4 is 5.32 Å². The number of carbonyl (C=O) groups is 2. The Morgan fingerprint density at radius 3 is 2.46 bits per heavy atom. The van der Waals surface area contributed by atoms with Gasteiger partial charge in [-0.25, -0.2) is 14.4 Å². The molecule has 10 heteroatoms. The smallest absolute Gasteiger partial charge is 0.326 e. The number of hydrogen-bond acceptors (Lipinski definition) is 4. The second kappa shape index (κ2) is 7.17. The van der Waals surface area contributed by atoms with Crippen molar-refractivity contribution < 1.29 is 27.2 Å². The second-order valence-corrected chi connectivity index (χ2v) is 6.54. The first kappa shape index (κ1) is 19.7. The highest BCUT2D eigenvalue weighted by Gasteiger charge is 2.38. The molecule has 2 amide bonds. The van der Waals surface area contributed by atoms with E-state index in [9.17, 15) is 27.2 Å². The van der Waals surface area contributed by atoms with Gasteiger partial charge in [-0.3, -0.25) is 14.9 Å². The van der Waals surface area contributed by atoms with Gasteiger partial charge in [-0.1, -0.05) is 6.92 Å². The number of aromatic nitrogens is 2. The number of nitrogens with zero attached hydrogens (tertiary/aromatic N) is 3. The molecular formula is C18H16F4N4O2. The fourth-order valence-corrected chi connectivity index (χ4v) is 3.09. The van der Waals surface area contributed by atoms with Crippen LogP contribution in [0.25, 0.3) is 0 Å². The predicted octanol–water partition coefficient (Wildman–Crippen LogP) is 3.22. The maximum atomic E-state index is 13.0. The average Bonchev–Trinajstić information content (AvgIpc) is 2.64. The van der Waals surface area contributed by atoms with Crippen LogP contribution in [0.5, 0.6) is 0 Å². The zero-order valence-corrected chi connectivity index (χ0v) is 14.9. The molecule has 1 N–H and O–H groups in total. The van der Waals surface area contributed by atoms with E-state index >= 15 is 0 Å². The Hall–Kier alpha value is -3.04. The van der Waals surface area contributed by atoms with Crippen LogP contribution in [-0.4, -0.2) is 39.3 Å². The van der Waals surface area contributed by atoms with Crippen molar-refractivity contribution in [3.05, 3.63) is 53.1 Å². The maximum absolute atomic E-state index is 13.0. The van der Waals surface area contributed by atoms with Crippen molar-refractivity contribution in [1.82, 2.24) is 14.9 Å². The number of halogens is 4. The number of carbonyl (C=O) groups excluding carboxylic acids is 2. The lowest BCUT2D eigenvalue weighted by Gasteiger charge is -2.38. The Bertz CT molecular complexity index is 915. The third-order valence-corrected chi connectivity index (χ3v) is 4.76. The molecule has 2 atom stereocenters. The highest BCUT2D eigenvalue weighted by atomic mass is 19.4. The van der Waals surface area contributed by atoms with Crippen LogP contribution >= 0.6 is 0 Å². The van der Waals surface area contributed by atoms with Crippen molar-refractivity contribution in [2.45, 2.75) is 32.0 Å². The Labute approximate surface area is 157 Å². The van der Waals surface area contributed by atoms with E-state index in [2.05, 4.69) is 15.3 Å². The molecule has 148 valence electrons. The van der Waals surface area contributed by atoms with Crippen LogP contribution in [0, 0.1) is 5.82 Å². The minimum absolute atomic E-state index is 0.119. The molecular weight excluding hydrogens is 380 g/mol. The summed E-state index contributed by atoms with van der Waals surface area (Å²) in [5, 5.41) is 2.35. The lowest BCUT2D eigenvalue weighted by Crippen LogP contribution is -2.49. The van der Waals surface area contributed by atoms with Gasteiger partial charge in [-0.05, 0) is 30.7 Å². The van der Waals surface area contributed by atoms with Gasteiger partial charge in [-0.15, -0.1) is 0 Å². The lowest BCUT2D eigenvalue weighted by molar-refractivity contribution is -0.137. The monoisotopic (exact) mass is 396 g/mol. The zero-order chi connectivity index (χ0) is 20.6. The first-order chi connectivity index (χ1) is 13.1. The molecule has 0 aliphatic carbocycles. The summed E-state index contributed by atoms with van der Waals surface area (Å²) in [6.07, 6.45) is -2.74. The first-order valence-electron chi connectivity index (χ1n) is 8.37. The molecule has 2 aromatic rings. The predicted molar refractivity (Wildman–Crippen MR) is 91.0 cm³/mol. The molecule has 28 heavy (non-hydrogen) atoms. The number of fused-ring (bicyclic) bond motifs is 1. The Morgan fingerprint density at radius 2 is 1.86 bits per heavy atom. The van der Waals surface area contributed by atoms with Crippen LogP contribution in [-0.2, 0) is 11.0 Å². The van der Waals surface area contributed by atoms with Crippen molar-refractivity contribution in [3.63, 3.8) is 0 Å². The fourth-order valence-electron chi connectivity index (χ4n) is 3.09. The minimum atomic E-state index is -4.51. The van der Waals surface area contributed by atoms with Crippen molar-refractivity contribution in [1.29, 1.82) is 0 Å². The lowest BCUT2D eigenvalue weighted by atomic mass is 9.84. The van der Waals surface area contributed by atoms with E-state index in [0.29, 0.717) is 5.56 Å². The minimum Gasteiger partial charge on any atom is -0.326 e. The molecule has 0 spiro atoms. The highest BCUT2D eigenvalue weighted by Crippen LogP contribution is 2.37. The number of benzene rings is 1. The van der Waals surface area contributed by atoms with E-state index in [4.69, 9.17) is 0 Å². The zero-order valence-electron chi connectivity index (χ0n) is 14.9. The number of amides is 2. The fraction of sp³-hybridized carbons (Fsp3) is 0.333. The standard InChI is InChI=1S/C18H16F4N4O2/c1-9-10(2)26(8-15(27)25-17-23-6-12(19)7-24-17)16(28)13-4-3-11(5-14(9)13)18(20,21)22/h3-7,9-10H,8H2,1-2H3,(H,23,24,25,27)/t9-,10+/m0/s1. The summed E-state index contributed by atoms with van der Waals surface area (Å²) < 4.78 is 51.8. The van der Waals surface area contributed by atoms with Crippen LogP contribution in [0.1, 0.15) is 41.3 Å². The Morgan fingerprint density at radius 1 is 1.21 bits per heavy atom. The topological polar surface area (TPSA) is 75.2 Å². The second-order valence-electron chi connectivity index (χ2n) is 6.54. The number of nitrogens with one attached hydrogen (secondary N) is 1. The number of anilines is 1. The van der Waals surface area contributed by atoms with Crippen LogP contribution in [0.4, 0.5) is 23.5 Å². The Balaban J connectivity index is 1.81. The summed E-state index contributed by atoms with van der Waals surface area (Å²) >= 11 is 0. The van der Waals surface area contributed by atoms with E-state index < -0.39 is 41.3 Å². The molecule has 1 aromatic heterocycles. The van der Waals surface area contributed by atoms with Gasteiger partial charge in [0.15, 0.2) is 5.82 Å². The van der Waals surface area contributed by atoms with E-state index in [1.807, 2.05) is 0 Å². The molecule has 0 saturated carbocycles. The van der Waals surface area contributed by atoms with Gasteiger partial charge in [0.25, 0.3) is 5.91 Å². The summed E-state index contributed by atoms with van der Waals surface area (Å²) in [5.41, 5.74) is -0.395. The van der Waals surface area contributed by atoms with Gasteiger partial charge in [-0.2, -0.15) is 13.2 Å². The van der Waals surface area contributed by atoms with E-state index in [1.54, 1.807) is 13.8 Å². The normalized spacial score (nSPS) is 19.4. The SMILES string of the molecule is C[C@@H]1c2cc(C(F)(F)F)ccc2C(=O)N(CC(=O)Nc2ncc(F)cn2)[C@@H]1C. The van der Waals surface area contributed by atoms with E-state index in [0.717, 1.165) is 30.6 Å². The molecule has 0 unspecified atom stereocenters.